The maximum atomic E-state index is 9.28. The van der Waals surface area contributed by atoms with Crippen LogP contribution in [0.4, 0.5) is 0 Å². The van der Waals surface area contributed by atoms with Crippen LogP contribution in [0.5, 0.6) is 0 Å². The highest BCUT2D eigenvalue weighted by Crippen LogP contribution is 1.69. The summed E-state index contributed by atoms with van der Waals surface area (Å²) in [5.41, 5.74) is 2.03. The van der Waals surface area contributed by atoms with Crippen LogP contribution in [0.25, 0.3) is 0 Å². The normalized spacial score (nSPS) is 6.80. The Labute approximate surface area is 31.1 Å². The molecule has 5 heavy (non-hydrogen) atoms. The fraction of sp³-hybridized carbons (Fsp3) is 0.333. The van der Waals surface area contributed by atoms with Crippen molar-refractivity contribution in [3.8, 4) is 0 Å². The first-order chi connectivity index (χ1) is 2.27. The van der Waals surface area contributed by atoms with Crippen molar-refractivity contribution in [2.45, 2.75) is 6.92 Å². The molecule has 1 N–H and O–H groups in total. The van der Waals surface area contributed by atoms with Crippen LogP contribution in [0.1, 0.15) is 6.92 Å². The maximum absolute atomic E-state index is 9.28. The lowest BCUT2D eigenvalue weighted by Crippen LogP contribution is -1.94. The van der Waals surface area contributed by atoms with Gasteiger partial charge in [0.05, 0.1) is 0 Å². The highest BCUT2D eigenvalue weighted by Gasteiger charge is 1.56. The third-order valence-electron chi connectivity index (χ3n) is 0.174. The Morgan fingerprint density at radius 3 is 2.20 bits per heavy atom. The van der Waals surface area contributed by atoms with E-state index in [-0.39, 0.29) is 0 Å². The molecule has 0 saturated carbocycles. The molecule has 0 unspecified atom stereocenters. The summed E-state index contributed by atoms with van der Waals surface area (Å²) in [7, 11) is 0. The van der Waals surface area contributed by atoms with Crippen molar-refractivity contribution in [1.29, 1.82) is 0 Å². The summed E-state index contributed by atoms with van der Waals surface area (Å²) >= 11 is 0. The maximum Gasteiger partial charge on any atom is -0.0105 e. The molecule has 0 saturated heterocycles. The van der Waals surface area contributed by atoms with Gasteiger partial charge in [-0.25, -0.2) is 0 Å². The van der Waals surface area contributed by atoms with E-state index in [4.69, 9.17) is 0 Å². The molecule has 2 heteroatoms. The Morgan fingerprint density at radius 1 is 2.00 bits per heavy atom. The molecule has 0 heterocycles. The standard InChI is InChI=1S/C3H6NO/c1-3(2)4-5/h4H,1H2,2H3/q-1/i1+2,2+2. The van der Waals surface area contributed by atoms with Crippen molar-refractivity contribution < 1.29 is 0 Å². The topological polar surface area (TPSA) is 35.1 Å². The highest BCUT2D eigenvalue weighted by atomic mass is 16.5. The molecule has 0 radical (unpaired) electrons. The Hall–Kier alpha value is -0.500. The van der Waals surface area contributed by atoms with Gasteiger partial charge >= 0.3 is 0 Å². The Morgan fingerprint density at radius 2 is 2.20 bits per heavy atom. The zero-order valence-corrected chi connectivity index (χ0v) is 3.12. The average molecular weight is 76.1 g/mol. The third-order valence-corrected chi connectivity index (χ3v) is 0.174. The second kappa shape index (κ2) is 1.79. The molecule has 0 aliphatic rings. The van der Waals surface area contributed by atoms with Crippen LogP contribution in [-0.2, 0) is 0 Å². The molecule has 0 rings (SSSR count). The van der Waals surface area contributed by atoms with E-state index in [0.29, 0.717) is 5.70 Å². The zero-order valence-electron chi connectivity index (χ0n) is 3.12. The molecule has 0 aromatic carbocycles. The Balaban J connectivity index is 2.85. The van der Waals surface area contributed by atoms with Crippen molar-refractivity contribution in [1.82, 2.24) is 5.48 Å². The van der Waals surface area contributed by atoms with Gasteiger partial charge in [0.1, 0.15) is 0 Å². The molecule has 0 aromatic rings. The summed E-state index contributed by atoms with van der Waals surface area (Å²) in [5, 5.41) is 9.28. The fourth-order valence-electron chi connectivity index (χ4n) is 0. The summed E-state index contributed by atoms with van der Waals surface area (Å²) in [5.74, 6) is 0. The van der Waals surface area contributed by atoms with Gasteiger partial charge in [0.25, 0.3) is 0 Å². The van der Waals surface area contributed by atoms with Gasteiger partial charge in [-0.1, -0.05) is 6.58 Å². The molecule has 0 bridgehead atoms. The first-order valence-corrected chi connectivity index (χ1v) is 1.31. The van der Waals surface area contributed by atoms with Gasteiger partial charge < -0.3 is 10.7 Å². The Kier molecular flexibility index (Phi) is 1.61. The number of hydrogen-bond acceptors (Lipinski definition) is 2. The summed E-state index contributed by atoms with van der Waals surface area (Å²) in [6.07, 6.45) is 0. The SMILES string of the molecule is [14CH2]=C([14CH3])N[O-]. The van der Waals surface area contributed by atoms with E-state index in [1.807, 2.05) is 0 Å². The van der Waals surface area contributed by atoms with Gasteiger partial charge in [-0.15, -0.1) is 0 Å². The molecule has 30 valence electrons. The van der Waals surface area contributed by atoms with Crippen LogP contribution in [-0.4, -0.2) is 0 Å². The largest absolute Gasteiger partial charge is 0.761 e. The lowest BCUT2D eigenvalue weighted by atomic mass is 11.1. The third kappa shape index (κ3) is 3.50. The number of rotatable bonds is 1. The van der Waals surface area contributed by atoms with Crippen molar-refractivity contribution >= 4 is 0 Å². The van der Waals surface area contributed by atoms with Crippen molar-refractivity contribution in [3.63, 3.8) is 0 Å². The molecule has 2 nitrogen and oxygen atoms in total. The van der Waals surface area contributed by atoms with Crippen molar-refractivity contribution in [2.75, 3.05) is 0 Å². The van der Waals surface area contributed by atoms with E-state index in [0.717, 1.165) is 0 Å². The van der Waals surface area contributed by atoms with Crippen LogP contribution in [0.2, 0.25) is 0 Å². The monoisotopic (exact) mass is 76.1 g/mol. The van der Waals surface area contributed by atoms with Gasteiger partial charge in [-0.3, -0.25) is 0 Å². The minimum atomic E-state index is 0.449. The molecular formula is C3H6NO-. The van der Waals surface area contributed by atoms with Crippen LogP contribution in [0.15, 0.2) is 12.3 Å². The number of allylic oxidation sites excluding steroid dienone is 1. The molecule has 0 fully saturated rings. The number of hydroxylamine groups is 1. The lowest BCUT2D eigenvalue weighted by Gasteiger charge is -2.04. The smallest absolute Gasteiger partial charge is 0.0105 e. The van der Waals surface area contributed by atoms with Gasteiger partial charge in [-0.05, 0) is 12.6 Å². The van der Waals surface area contributed by atoms with E-state index >= 15 is 0 Å². The van der Waals surface area contributed by atoms with E-state index in [1.165, 1.54) is 0 Å². The first-order valence-electron chi connectivity index (χ1n) is 1.31. The van der Waals surface area contributed by atoms with Crippen LogP contribution < -0.4 is 5.48 Å². The van der Waals surface area contributed by atoms with E-state index < -0.39 is 0 Å². The van der Waals surface area contributed by atoms with Gasteiger partial charge in [0.15, 0.2) is 0 Å². The average Bonchev–Trinajstić information content (AvgIpc) is 1.38. The van der Waals surface area contributed by atoms with Crippen LogP contribution >= 0.6 is 0 Å². The predicted octanol–water partition coefficient (Wildman–Crippen LogP) is 0.607. The second-order valence-corrected chi connectivity index (χ2v) is 0.882. The van der Waals surface area contributed by atoms with Crippen LogP contribution in [0, 0.1) is 5.21 Å². The zero-order chi connectivity index (χ0) is 4.28. The lowest BCUT2D eigenvalue weighted by molar-refractivity contribution is 1.08. The second-order valence-electron chi connectivity index (χ2n) is 0.882. The van der Waals surface area contributed by atoms with Crippen LogP contribution in [0.3, 0.4) is 0 Å². The Bertz CT molecular complexity index is 42.2. The van der Waals surface area contributed by atoms with E-state index in [9.17, 15) is 5.21 Å². The minimum Gasteiger partial charge on any atom is -0.761 e. The summed E-state index contributed by atoms with van der Waals surface area (Å²) in [6.45, 7) is 4.85. The molecule has 0 aliphatic carbocycles. The molecule has 0 atom stereocenters. The molecule has 0 aromatic heterocycles. The molecule has 0 amide bonds. The molecule has 0 spiro atoms. The van der Waals surface area contributed by atoms with Crippen molar-refractivity contribution in [3.05, 3.63) is 17.5 Å². The van der Waals surface area contributed by atoms with Gasteiger partial charge in [0.2, 0.25) is 0 Å². The van der Waals surface area contributed by atoms with Gasteiger partial charge in [-0.2, -0.15) is 0 Å². The summed E-state index contributed by atoms with van der Waals surface area (Å²) in [4.78, 5) is 0. The molecular weight excluding hydrogens is 70.0 g/mol. The summed E-state index contributed by atoms with van der Waals surface area (Å²) < 4.78 is 0. The quantitative estimate of drug-likeness (QED) is 0.464. The molecule has 0 aliphatic heterocycles. The van der Waals surface area contributed by atoms with E-state index in [1.54, 1.807) is 12.4 Å². The predicted molar refractivity (Wildman–Crippen MR) is 21.3 cm³/mol. The number of hydrogen-bond donors (Lipinski definition) is 1. The first kappa shape index (κ1) is 4.50. The fourth-order valence-corrected chi connectivity index (χ4v) is 0. The number of nitrogens with one attached hydrogen (secondary N) is 1. The van der Waals surface area contributed by atoms with Gasteiger partial charge in [0, 0.05) is 0 Å². The highest BCUT2D eigenvalue weighted by molar-refractivity contribution is 4.83. The summed E-state index contributed by atoms with van der Waals surface area (Å²) in [6, 6.07) is 0. The minimum absolute atomic E-state index is 0.449. The van der Waals surface area contributed by atoms with E-state index in [2.05, 4.69) is 6.58 Å². The van der Waals surface area contributed by atoms with Crippen molar-refractivity contribution in [2.24, 2.45) is 0 Å².